The Morgan fingerprint density at radius 2 is 2.38 bits per heavy atom. The lowest BCUT2D eigenvalue weighted by atomic mass is 9.85. The number of esters is 2. The second kappa shape index (κ2) is 3.77. The maximum absolute atomic E-state index is 11.2. The summed E-state index contributed by atoms with van der Waals surface area (Å²) in [5.74, 6) is -0.621. The Morgan fingerprint density at radius 1 is 1.69 bits per heavy atom. The Labute approximate surface area is 77.2 Å². The second-order valence-electron chi connectivity index (χ2n) is 3.43. The van der Waals surface area contributed by atoms with Crippen molar-refractivity contribution in [1.29, 1.82) is 0 Å². The van der Waals surface area contributed by atoms with Crippen LogP contribution in [0.25, 0.3) is 0 Å². The van der Waals surface area contributed by atoms with E-state index in [4.69, 9.17) is 9.47 Å². The van der Waals surface area contributed by atoms with E-state index in [1.54, 1.807) is 13.8 Å². The zero-order chi connectivity index (χ0) is 9.90. The van der Waals surface area contributed by atoms with Gasteiger partial charge in [-0.15, -0.1) is 0 Å². The highest BCUT2D eigenvalue weighted by molar-refractivity contribution is 5.84. The van der Waals surface area contributed by atoms with Crippen LogP contribution in [0.3, 0.4) is 0 Å². The molecule has 0 unspecified atom stereocenters. The third kappa shape index (κ3) is 2.20. The lowest BCUT2D eigenvalue weighted by molar-refractivity contribution is -0.154. The van der Waals surface area contributed by atoms with Crippen molar-refractivity contribution in [3.63, 3.8) is 0 Å². The Hall–Kier alpha value is -1.06. The molecule has 1 aliphatic rings. The largest absolute Gasteiger partial charge is 0.466 e. The van der Waals surface area contributed by atoms with Gasteiger partial charge in [-0.3, -0.25) is 9.59 Å². The molecule has 4 heteroatoms. The molecule has 0 bridgehead atoms. The monoisotopic (exact) mass is 186 g/mol. The smallest absolute Gasteiger partial charge is 0.312 e. The van der Waals surface area contributed by atoms with Gasteiger partial charge in [0, 0.05) is 0 Å². The van der Waals surface area contributed by atoms with Gasteiger partial charge in [0.05, 0.1) is 25.0 Å². The van der Waals surface area contributed by atoms with Crippen LogP contribution in [0.4, 0.5) is 0 Å². The SMILES string of the molecule is CCOC(=O)C[C@]1(C)CCOC1=O. The Kier molecular flexibility index (Phi) is 2.90. The molecule has 1 atom stereocenters. The van der Waals surface area contributed by atoms with Gasteiger partial charge in [-0.1, -0.05) is 0 Å². The van der Waals surface area contributed by atoms with E-state index >= 15 is 0 Å². The lowest BCUT2D eigenvalue weighted by Crippen LogP contribution is -2.26. The van der Waals surface area contributed by atoms with Gasteiger partial charge in [0.2, 0.25) is 0 Å². The van der Waals surface area contributed by atoms with E-state index in [0.29, 0.717) is 19.6 Å². The summed E-state index contributed by atoms with van der Waals surface area (Å²) >= 11 is 0. The first-order valence-electron chi connectivity index (χ1n) is 4.41. The van der Waals surface area contributed by atoms with Crippen LogP contribution < -0.4 is 0 Å². The van der Waals surface area contributed by atoms with Crippen LogP contribution in [-0.4, -0.2) is 25.2 Å². The van der Waals surface area contributed by atoms with Crippen molar-refractivity contribution in [2.75, 3.05) is 13.2 Å². The summed E-state index contributed by atoms with van der Waals surface area (Å²) in [4.78, 5) is 22.3. The first-order valence-corrected chi connectivity index (χ1v) is 4.41. The van der Waals surface area contributed by atoms with Crippen LogP contribution in [0.1, 0.15) is 26.7 Å². The first-order chi connectivity index (χ1) is 6.08. The molecule has 1 saturated heterocycles. The summed E-state index contributed by atoms with van der Waals surface area (Å²) in [5.41, 5.74) is -0.660. The predicted molar refractivity (Wildman–Crippen MR) is 44.9 cm³/mol. The van der Waals surface area contributed by atoms with Gasteiger partial charge >= 0.3 is 11.9 Å². The summed E-state index contributed by atoms with van der Waals surface area (Å²) in [5, 5.41) is 0. The molecule has 0 N–H and O–H groups in total. The highest BCUT2D eigenvalue weighted by Gasteiger charge is 2.42. The molecule has 0 saturated carbocycles. The van der Waals surface area contributed by atoms with E-state index in [-0.39, 0.29) is 18.4 Å². The normalized spacial score (nSPS) is 27.1. The van der Waals surface area contributed by atoms with Crippen LogP contribution in [0.15, 0.2) is 0 Å². The van der Waals surface area contributed by atoms with Crippen molar-refractivity contribution < 1.29 is 19.1 Å². The van der Waals surface area contributed by atoms with Gasteiger partial charge in [0.25, 0.3) is 0 Å². The predicted octanol–water partition coefficient (Wildman–Crippen LogP) is 0.893. The molecule has 0 spiro atoms. The quantitative estimate of drug-likeness (QED) is 0.614. The zero-order valence-corrected chi connectivity index (χ0v) is 7.96. The van der Waals surface area contributed by atoms with Gasteiger partial charge in [-0.2, -0.15) is 0 Å². The topological polar surface area (TPSA) is 52.6 Å². The summed E-state index contributed by atoms with van der Waals surface area (Å²) in [6.45, 7) is 4.24. The molecule has 0 aromatic carbocycles. The molecule has 13 heavy (non-hydrogen) atoms. The second-order valence-corrected chi connectivity index (χ2v) is 3.43. The number of rotatable bonds is 3. The van der Waals surface area contributed by atoms with Crippen molar-refractivity contribution in [2.24, 2.45) is 5.41 Å². The van der Waals surface area contributed by atoms with Crippen molar-refractivity contribution in [1.82, 2.24) is 0 Å². The molecule has 4 nitrogen and oxygen atoms in total. The summed E-state index contributed by atoms with van der Waals surface area (Å²) in [6.07, 6.45) is 0.727. The van der Waals surface area contributed by atoms with Crippen molar-refractivity contribution >= 4 is 11.9 Å². The third-order valence-electron chi connectivity index (χ3n) is 2.22. The molecule has 1 fully saturated rings. The molecule has 0 aliphatic carbocycles. The zero-order valence-electron chi connectivity index (χ0n) is 7.96. The number of hydrogen-bond donors (Lipinski definition) is 0. The molecule has 0 aromatic heterocycles. The standard InChI is InChI=1S/C9H14O4/c1-3-12-7(10)6-9(2)4-5-13-8(9)11/h3-6H2,1-2H3/t9-/m0/s1. The van der Waals surface area contributed by atoms with Crippen molar-refractivity contribution in [3.05, 3.63) is 0 Å². The summed E-state index contributed by atoms with van der Waals surface area (Å²) < 4.78 is 9.57. The lowest BCUT2D eigenvalue weighted by Gasteiger charge is -2.16. The van der Waals surface area contributed by atoms with Crippen molar-refractivity contribution in [2.45, 2.75) is 26.7 Å². The Balaban J connectivity index is 2.51. The summed E-state index contributed by atoms with van der Waals surface area (Å²) in [7, 11) is 0. The molecule has 1 heterocycles. The molecule has 74 valence electrons. The van der Waals surface area contributed by atoms with Crippen molar-refractivity contribution in [3.8, 4) is 0 Å². The van der Waals surface area contributed by atoms with Gasteiger partial charge in [-0.05, 0) is 20.3 Å². The van der Waals surface area contributed by atoms with E-state index < -0.39 is 5.41 Å². The van der Waals surface area contributed by atoms with Gasteiger partial charge in [-0.25, -0.2) is 0 Å². The minimum absolute atomic E-state index is 0.125. The average Bonchev–Trinajstić information content (AvgIpc) is 2.32. The first kappa shape index (κ1) is 10.0. The fourth-order valence-electron chi connectivity index (χ4n) is 1.34. The number of carbonyl (C=O) groups excluding carboxylic acids is 2. The molecule has 1 rings (SSSR count). The maximum atomic E-state index is 11.2. The Morgan fingerprint density at radius 3 is 2.85 bits per heavy atom. The molecular weight excluding hydrogens is 172 g/mol. The van der Waals surface area contributed by atoms with Crippen LogP contribution >= 0.6 is 0 Å². The third-order valence-corrected chi connectivity index (χ3v) is 2.22. The molecule has 0 radical (unpaired) electrons. The Bertz CT molecular complexity index is 224. The fourth-order valence-corrected chi connectivity index (χ4v) is 1.34. The maximum Gasteiger partial charge on any atom is 0.312 e. The van der Waals surface area contributed by atoms with Crippen LogP contribution in [0, 0.1) is 5.41 Å². The van der Waals surface area contributed by atoms with E-state index in [2.05, 4.69) is 0 Å². The minimum Gasteiger partial charge on any atom is -0.466 e. The van der Waals surface area contributed by atoms with Crippen LogP contribution in [0.2, 0.25) is 0 Å². The molecule has 0 aromatic rings. The average molecular weight is 186 g/mol. The minimum atomic E-state index is -0.660. The fraction of sp³-hybridized carbons (Fsp3) is 0.778. The molecule has 0 amide bonds. The van der Waals surface area contributed by atoms with Crippen LogP contribution in [0.5, 0.6) is 0 Å². The van der Waals surface area contributed by atoms with Crippen LogP contribution in [-0.2, 0) is 19.1 Å². The van der Waals surface area contributed by atoms with Gasteiger partial charge < -0.3 is 9.47 Å². The number of ether oxygens (including phenoxy) is 2. The highest BCUT2D eigenvalue weighted by atomic mass is 16.5. The molecule has 1 aliphatic heterocycles. The number of cyclic esters (lactones) is 1. The van der Waals surface area contributed by atoms with E-state index in [1.165, 1.54) is 0 Å². The highest BCUT2D eigenvalue weighted by Crippen LogP contribution is 2.33. The van der Waals surface area contributed by atoms with E-state index in [1.807, 2.05) is 0 Å². The molecular formula is C9H14O4. The van der Waals surface area contributed by atoms with Gasteiger partial charge in [0.1, 0.15) is 0 Å². The number of hydrogen-bond acceptors (Lipinski definition) is 4. The van der Waals surface area contributed by atoms with E-state index in [0.717, 1.165) is 0 Å². The van der Waals surface area contributed by atoms with Gasteiger partial charge in [0.15, 0.2) is 0 Å². The summed E-state index contributed by atoms with van der Waals surface area (Å²) in [6, 6.07) is 0. The number of carbonyl (C=O) groups is 2. The van der Waals surface area contributed by atoms with E-state index in [9.17, 15) is 9.59 Å².